The van der Waals surface area contributed by atoms with E-state index in [9.17, 15) is 14.0 Å². The number of carbonyl (C=O) groups excluding carboxylic acids is 2. The number of nitrogens with one attached hydrogen (secondary N) is 3. The maximum absolute atomic E-state index is 13.7. The minimum Gasteiger partial charge on any atom is -0.347 e. The number of H-pyrrole nitrogens is 1. The van der Waals surface area contributed by atoms with Crippen LogP contribution in [0, 0.1) is 5.82 Å². The van der Waals surface area contributed by atoms with Crippen molar-refractivity contribution in [1.29, 1.82) is 0 Å². The fourth-order valence-electron chi connectivity index (χ4n) is 2.35. The topological polar surface area (TPSA) is 86.9 Å². The lowest BCUT2D eigenvalue weighted by Crippen LogP contribution is -2.32. The molecule has 0 aliphatic rings. The van der Waals surface area contributed by atoms with Gasteiger partial charge < -0.3 is 15.6 Å². The summed E-state index contributed by atoms with van der Waals surface area (Å²) in [5, 5.41) is 5.20. The molecule has 0 radical (unpaired) electrons. The number of aromatic amines is 1. The van der Waals surface area contributed by atoms with Crippen molar-refractivity contribution >= 4 is 28.5 Å². The summed E-state index contributed by atoms with van der Waals surface area (Å²) in [6.07, 6.45) is 0.333. The molecule has 1 aromatic heterocycles. The number of anilines is 1. The highest BCUT2D eigenvalue weighted by atomic mass is 19.1. The first-order chi connectivity index (χ1) is 12.1. The van der Waals surface area contributed by atoms with Gasteiger partial charge in [-0.3, -0.25) is 9.59 Å². The molecular weight excluding hydrogens is 323 g/mol. The summed E-state index contributed by atoms with van der Waals surface area (Å²) in [6.45, 7) is 1.65. The molecule has 25 heavy (non-hydrogen) atoms. The van der Waals surface area contributed by atoms with Gasteiger partial charge in [0.25, 0.3) is 0 Å². The van der Waals surface area contributed by atoms with Crippen LogP contribution in [0.15, 0.2) is 42.5 Å². The van der Waals surface area contributed by atoms with Crippen LogP contribution in [0.2, 0.25) is 0 Å². The van der Waals surface area contributed by atoms with Crippen LogP contribution >= 0.6 is 0 Å². The summed E-state index contributed by atoms with van der Waals surface area (Å²) in [5.41, 5.74) is 2.29. The van der Waals surface area contributed by atoms with E-state index in [1.165, 1.54) is 6.07 Å². The third-order valence-electron chi connectivity index (χ3n) is 3.67. The van der Waals surface area contributed by atoms with Gasteiger partial charge in [0.05, 0.1) is 12.1 Å². The predicted octanol–water partition coefficient (Wildman–Crippen LogP) is 2.83. The second-order valence-corrected chi connectivity index (χ2v) is 5.48. The molecule has 0 saturated heterocycles. The molecule has 0 aliphatic carbocycles. The third kappa shape index (κ3) is 3.82. The molecule has 2 aromatic carbocycles. The number of carbonyl (C=O) groups is 2. The first kappa shape index (κ1) is 16.6. The molecule has 128 valence electrons. The maximum atomic E-state index is 13.7. The summed E-state index contributed by atoms with van der Waals surface area (Å²) in [7, 11) is 0. The molecule has 2 amide bonds. The Morgan fingerprint density at radius 2 is 1.88 bits per heavy atom. The maximum Gasteiger partial charge on any atom is 0.243 e. The van der Waals surface area contributed by atoms with Gasteiger partial charge >= 0.3 is 0 Å². The minimum absolute atomic E-state index is 0.0721. The second-order valence-electron chi connectivity index (χ2n) is 5.48. The smallest absolute Gasteiger partial charge is 0.243 e. The van der Waals surface area contributed by atoms with Gasteiger partial charge in [-0.2, -0.15) is 0 Å². The molecule has 0 aliphatic heterocycles. The van der Waals surface area contributed by atoms with Gasteiger partial charge in [0.15, 0.2) is 5.82 Å². The Morgan fingerprint density at radius 3 is 2.56 bits per heavy atom. The lowest BCUT2D eigenvalue weighted by Gasteiger charge is -2.06. The van der Waals surface area contributed by atoms with E-state index < -0.39 is 0 Å². The van der Waals surface area contributed by atoms with Gasteiger partial charge in [0.1, 0.15) is 11.3 Å². The fraction of sp³-hybridized carbons (Fsp3) is 0.167. The summed E-state index contributed by atoms with van der Waals surface area (Å²) in [6, 6.07) is 11.7. The van der Waals surface area contributed by atoms with Crippen LogP contribution in [-0.4, -0.2) is 28.3 Å². The van der Waals surface area contributed by atoms with Crippen molar-refractivity contribution in [3.63, 3.8) is 0 Å². The molecule has 3 rings (SSSR count). The van der Waals surface area contributed by atoms with E-state index in [0.717, 1.165) is 5.56 Å². The average Bonchev–Trinajstić information content (AvgIpc) is 3.06. The monoisotopic (exact) mass is 340 g/mol. The lowest BCUT2D eigenvalue weighted by molar-refractivity contribution is -0.123. The number of fused-ring (bicyclic) bond motifs is 1. The largest absolute Gasteiger partial charge is 0.347 e. The lowest BCUT2D eigenvalue weighted by atomic mass is 10.2. The standard InChI is InChI=1S/C18H17FN4O2/c1-2-15(24)20-10-16(25)21-12-8-6-11(7-9-12)18-22-14-5-3-4-13(19)17(14)23-18/h3-9H,2,10H2,1H3,(H,20,24)(H,21,25)(H,22,23). The highest BCUT2D eigenvalue weighted by Gasteiger charge is 2.09. The molecule has 0 saturated carbocycles. The molecule has 3 aromatic rings. The first-order valence-electron chi connectivity index (χ1n) is 7.88. The number of amides is 2. The Kier molecular flexibility index (Phi) is 4.74. The van der Waals surface area contributed by atoms with Crippen LogP contribution in [0.5, 0.6) is 0 Å². The number of halogens is 1. The molecule has 3 N–H and O–H groups in total. The van der Waals surface area contributed by atoms with E-state index in [-0.39, 0.29) is 24.2 Å². The number of benzene rings is 2. The van der Waals surface area contributed by atoms with Gasteiger partial charge in [-0.25, -0.2) is 9.37 Å². The molecule has 0 atom stereocenters. The van der Waals surface area contributed by atoms with Gasteiger partial charge in [-0.05, 0) is 36.4 Å². The molecule has 0 fully saturated rings. The molecule has 6 nitrogen and oxygen atoms in total. The third-order valence-corrected chi connectivity index (χ3v) is 3.67. The van der Waals surface area contributed by atoms with Crippen LogP contribution in [0.4, 0.5) is 10.1 Å². The Labute approximate surface area is 143 Å². The predicted molar refractivity (Wildman–Crippen MR) is 93.4 cm³/mol. The zero-order valence-electron chi connectivity index (χ0n) is 13.6. The SMILES string of the molecule is CCC(=O)NCC(=O)Nc1ccc(-c2nc3c(F)cccc3[nH]2)cc1. The average molecular weight is 340 g/mol. The molecular formula is C18H17FN4O2. The van der Waals surface area contributed by atoms with Crippen LogP contribution < -0.4 is 10.6 Å². The van der Waals surface area contributed by atoms with E-state index in [2.05, 4.69) is 20.6 Å². The van der Waals surface area contributed by atoms with Crippen molar-refractivity contribution in [3.05, 3.63) is 48.3 Å². The van der Waals surface area contributed by atoms with Crippen LogP contribution in [0.1, 0.15) is 13.3 Å². The van der Waals surface area contributed by atoms with Crippen molar-refractivity contribution in [1.82, 2.24) is 15.3 Å². The Bertz CT molecular complexity index is 918. The molecule has 0 spiro atoms. The highest BCUT2D eigenvalue weighted by Crippen LogP contribution is 2.23. The zero-order chi connectivity index (χ0) is 17.8. The van der Waals surface area contributed by atoms with Crippen LogP contribution in [0.25, 0.3) is 22.4 Å². The van der Waals surface area contributed by atoms with E-state index >= 15 is 0 Å². The van der Waals surface area contributed by atoms with E-state index in [4.69, 9.17) is 0 Å². The molecule has 0 unspecified atom stereocenters. The number of hydrogen-bond donors (Lipinski definition) is 3. The number of aromatic nitrogens is 2. The van der Waals surface area contributed by atoms with Gasteiger partial charge in [0.2, 0.25) is 11.8 Å². The van der Waals surface area contributed by atoms with Crippen molar-refractivity contribution in [2.75, 3.05) is 11.9 Å². The minimum atomic E-state index is -0.377. The normalized spacial score (nSPS) is 10.6. The Hall–Kier alpha value is -3.22. The molecule has 0 bridgehead atoms. The van der Waals surface area contributed by atoms with Gasteiger partial charge in [-0.1, -0.05) is 13.0 Å². The Morgan fingerprint density at radius 1 is 1.12 bits per heavy atom. The second kappa shape index (κ2) is 7.12. The van der Waals surface area contributed by atoms with Crippen molar-refractivity contribution in [2.45, 2.75) is 13.3 Å². The van der Waals surface area contributed by atoms with E-state index in [0.29, 0.717) is 29.0 Å². The summed E-state index contributed by atoms with van der Waals surface area (Å²) in [5.74, 6) is -0.311. The number of hydrogen-bond acceptors (Lipinski definition) is 3. The number of nitrogens with zero attached hydrogens (tertiary/aromatic N) is 1. The molecule has 1 heterocycles. The van der Waals surface area contributed by atoms with E-state index in [1.54, 1.807) is 43.3 Å². The Balaban J connectivity index is 1.70. The van der Waals surface area contributed by atoms with Crippen LogP contribution in [-0.2, 0) is 9.59 Å². The van der Waals surface area contributed by atoms with Crippen molar-refractivity contribution < 1.29 is 14.0 Å². The molecule has 7 heteroatoms. The summed E-state index contributed by atoms with van der Waals surface area (Å²) in [4.78, 5) is 30.2. The number of imidazole rings is 1. The zero-order valence-corrected chi connectivity index (χ0v) is 13.6. The first-order valence-corrected chi connectivity index (χ1v) is 7.88. The number of rotatable bonds is 5. The van der Waals surface area contributed by atoms with Crippen LogP contribution in [0.3, 0.4) is 0 Å². The summed E-state index contributed by atoms with van der Waals surface area (Å²) < 4.78 is 13.7. The van der Waals surface area contributed by atoms with Crippen molar-refractivity contribution in [3.8, 4) is 11.4 Å². The summed E-state index contributed by atoms with van der Waals surface area (Å²) >= 11 is 0. The highest BCUT2D eigenvalue weighted by molar-refractivity contribution is 5.94. The van der Waals surface area contributed by atoms with E-state index in [1.807, 2.05) is 0 Å². The van der Waals surface area contributed by atoms with Gasteiger partial charge in [0, 0.05) is 17.7 Å². The number of para-hydroxylation sites is 1. The van der Waals surface area contributed by atoms with Gasteiger partial charge in [-0.15, -0.1) is 0 Å². The fourth-order valence-corrected chi connectivity index (χ4v) is 2.35. The quantitative estimate of drug-likeness (QED) is 0.667. The van der Waals surface area contributed by atoms with Crippen molar-refractivity contribution in [2.24, 2.45) is 0 Å².